The van der Waals surface area contributed by atoms with Crippen molar-refractivity contribution in [3.8, 4) is 0 Å². The summed E-state index contributed by atoms with van der Waals surface area (Å²) < 4.78 is 0. The smallest absolute Gasteiger partial charge is 0.237 e. The molecule has 0 heterocycles. The van der Waals surface area contributed by atoms with Gasteiger partial charge in [-0.15, -0.1) is 11.8 Å². The number of carbonyl (C=O) groups excluding carboxylic acids is 1. The van der Waals surface area contributed by atoms with Crippen molar-refractivity contribution in [3.63, 3.8) is 0 Å². The molecule has 4 heteroatoms. The summed E-state index contributed by atoms with van der Waals surface area (Å²) in [5, 5.41) is 11.4. The molecule has 2 N–H and O–H groups in total. The molecule has 0 spiro atoms. The van der Waals surface area contributed by atoms with Crippen molar-refractivity contribution in [1.82, 2.24) is 5.32 Å². The molecule has 1 atom stereocenters. The maximum atomic E-state index is 12.4. The number of aliphatic hydroxyl groups excluding tert-OH is 1. The van der Waals surface area contributed by atoms with Crippen molar-refractivity contribution in [3.05, 3.63) is 66.2 Å². The molecule has 0 aliphatic carbocycles. The minimum absolute atomic E-state index is 0.0245. The summed E-state index contributed by atoms with van der Waals surface area (Å²) in [4.78, 5) is 13.5. The number of aliphatic hydroxyl groups is 1. The van der Waals surface area contributed by atoms with Crippen LogP contribution in [0.5, 0.6) is 0 Å². The first-order valence-electron chi connectivity index (χ1n) is 6.96. The summed E-state index contributed by atoms with van der Waals surface area (Å²) in [7, 11) is 0. The maximum Gasteiger partial charge on any atom is 0.237 e. The Bertz CT molecular complexity index is 545. The Kier molecular flexibility index (Phi) is 6.31. The largest absolute Gasteiger partial charge is 0.396 e. The molecule has 2 aromatic rings. The summed E-state index contributed by atoms with van der Waals surface area (Å²) in [5.41, 5.74) is 0.979. The van der Waals surface area contributed by atoms with Crippen LogP contribution in [0.15, 0.2) is 65.6 Å². The van der Waals surface area contributed by atoms with E-state index in [1.165, 1.54) is 11.8 Å². The summed E-state index contributed by atoms with van der Waals surface area (Å²) >= 11 is 1.53. The van der Waals surface area contributed by atoms with E-state index in [9.17, 15) is 4.79 Å². The Labute approximate surface area is 129 Å². The van der Waals surface area contributed by atoms with Crippen molar-refractivity contribution in [2.45, 2.75) is 16.6 Å². The molecule has 0 aromatic heterocycles. The highest BCUT2D eigenvalue weighted by Crippen LogP contribution is 2.35. The van der Waals surface area contributed by atoms with Gasteiger partial charge in [0.25, 0.3) is 0 Å². The van der Waals surface area contributed by atoms with Crippen LogP contribution >= 0.6 is 11.8 Å². The molecule has 1 amide bonds. The summed E-state index contributed by atoms with van der Waals surface area (Å²) in [5.74, 6) is -0.0245. The van der Waals surface area contributed by atoms with Crippen LogP contribution in [0.3, 0.4) is 0 Å². The Morgan fingerprint density at radius 3 is 2.29 bits per heavy atom. The Hall–Kier alpha value is -1.78. The van der Waals surface area contributed by atoms with Gasteiger partial charge in [-0.05, 0) is 24.1 Å². The van der Waals surface area contributed by atoms with E-state index in [1.807, 2.05) is 60.7 Å². The van der Waals surface area contributed by atoms with Gasteiger partial charge in [-0.1, -0.05) is 48.5 Å². The SMILES string of the molecule is O=C(NCCCO)C(Sc1ccccc1)c1ccccc1. The van der Waals surface area contributed by atoms with Crippen LogP contribution in [0, 0.1) is 0 Å². The second-order valence-electron chi connectivity index (χ2n) is 4.59. The Morgan fingerprint density at radius 1 is 1.05 bits per heavy atom. The van der Waals surface area contributed by atoms with Crippen LogP contribution in [0.25, 0.3) is 0 Å². The lowest BCUT2D eigenvalue weighted by atomic mass is 10.1. The van der Waals surface area contributed by atoms with Gasteiger partial charge in [0.2, 0.25) is 5.91 Å². The Morgan fingerprint density at radius 2 is 1.67 bits per heavy atom. The highest BCUT2D eigenvalue weighted by molar-refractivity contribution is 8.00. The molecular formula is C17H19NO2S. The topological polar surface area (TPSA) is 49.3 Å². The maximum absolute atomic E-state index is 12.4. The fourth-order valence-corrected chi connectivity index (χ4v) is 2.99. The van der Waals surface area contributed by atoms with Gasteiger partial charge in [0.1, 0.15) is 5.25 Å². The van der Waals surface area contributed by atoms with Crippen molar-refractivity contribution >= 4 is 17.7 Å². The number of benzene rings is 2. The highest BCUT2D eigenvalue weighted by Gasteiger charge is 2.21. The average molecular weight is 301 g/mol. The molecule has 0 fully saturated rings. The molecule has 1 unspecified atom stereocenters. The third kappa shape index (κ3) is 4.92. The molecule has 2 aromatic carbocycles. The lowest BCUT2D eigenvalue weighted by molar-refractivity contribution is -0.120. The summed E-state index contributed by atoms with van der Waals surface area (Å²) in [6.07, 6.45) is 0.573. The monoisotopic (exact) mass is 301 g/mol. The van der Waals surface area contributed by atoms with Crippen LogP contribution in [-0.4, -0.2) is 24.2 Å². The number of hydrogen-bond donors (Lipinski definition) is 2. The molecule has 0 saturated carbocycles. The molecule has 0 aliphatic heterocycles. The van der Waals surface area contributed by atoms with Gasteiger partial charge in [-0.3, -0.25) is 4.79 Å². The lowest BCUT2D eigenvalue weighted by Gasteiger charge is -2.17. The molecule has 110 valence electrons. The van der Waals surface area contributed by atoms with E-state index in [0.29, 0.717) is 13.0 Å². The first-order valence-corrected chi connectivity index (χ1v) is 7.84. The van der Waals surface area contributed by atoms with E-state index in [4.69, 9.17) is 5.11 Å². The van der Waals surface area contributed by atoms with Gasteiger partial charge in [-0.25, -0.2) is 0 Å². The molecular weight excluding hydrogens is 282 g/mol. The lowest BCUT2D eigenvalue weighted by Crippen LogP contribution is -2.29. The highest BCUT2D eigenvalue weighted by atomic mass is 32.2. The van der Waals surface area contributed by atoms with Gasteiger partial charge in [-0.2, -0.15) is 0 Å². The number of hydrogen-bond acceptors (Lipinski definition) is 3. The van der Waals surface area contributed by atoms with E-state index < -0.39 is 0 Å². The fourth-order valence-electron chi connectivity index (χ4n) is 1.92. The number of rotatable bonds is 7. The van der Waals surface area contributed by atoms with Crippen LogP contribution in [-0.2, 0) is 4.79 Å². The zero-order valence-corrected chi connectivity index (χ0v) is 12.6. The van der Waals surface area contributed by atoms with Crippen molar-refractivity contribution < 1.29 is 9.90 Å². The van der Waals surface area contributed by atoms with Gasteiger partial charge >= 0.3 is 0 Å². The number of amides is 1. The number of thioether (sulfide) groups is 1. The second kappa shape index (κ2) is 8.49. The standard InChI is InChI=1S/C17H19NO2S/c19-13-7-12-18-17(20)16(14-8-3-1-4-9-14)21-15-10-5-2-6-11-15/h1-6,8-11,16,19H,7,12-13H2,(H,18,20). The first-order chi connectivity index (χ1) is 10.3. The zero-order valence-electron chi connectivity index (χ0n) is 11.7. The van der Waals surface area contributed by atoms with E-state index >= 15 is 0 Å². The number of carbonyl (C=O) groups is 1. The predicted octanol–water partition coefficient (Wildman–Crippen LogP) is 3.02. The third-order valence-electron chi connectivity index (χ3n) is 2.97. The van der Waals surface area contributed by atoms with E-state index in [1.54, 1.807) is 0 Å². The van der Waals surface area contributed by atoms with Gasteiger partial charge < -0.3 is 10.4 Å². The molecule has 3 nitrogen and oxygen atoms in total. The van der Waals surface area contributed by atoms with E-state index in [2.05, 4.69) is 5.32 Å². The van der Waals surface area contributed by atoms with Crippen molar-refractivity contribution in [1.29, 1.82) is 0 Å². The van der Waals surface area contributed by atoms with Gasteiger partial charge in [0, 0.05) is 18.0 Å². The number of nitrogens with one attached hydrogen (secondary N) is 1. The quantitative estimate of drug-likeness (QED) is 0.610. The predicted molar refractivity (Wildman–Crippen MR) is 86.2 cm³/mol. The molecule has 0 saturated heterocycles. The van der Waals surface area contributed by atoms with Gasteiger partial charge in [0.15, 0.2) is 0 Å². The molecule has 0 radical (unpaired) electrons. The normalized spacial score (nSPS) is 11.9. The molecule has 2 rings (SSSR count). The molecule has 21 heavy (non-hydrogen) atoms. The summed E-state index contributed by atoms with van der Waals surface area (Å²) in [6, 6.07) is 19.6. The van der Waals surface area contributed by atoms with E-state index in [0.717, 1.165) is 10.5 Å². The minimum Gasteiger partial charge on any atom is -0.396 e. The first kappa shape index (κ1) is 15.6. The third-order valence-corrected chi connectivity index (χ3v) is 4.24. The van der Waals surface area contributed by atoms with Crippen molar-refractivity contribution in [2.75, 3.05) is 13.2 Å². The van der Waals surface area contributed by atoms with Crippen molar-refractivity contribution in [2.24, 2.45) is 0 Å². The van der Waals surface area contributed by atoms with Gasteiger partial charge in [0.05, 0.1) is 0 Å². The van der Waals surface area contributed by atoms with Crippen LogP contribution in [0.2, 0.25) is 0 Å². The minimum atomic E-state index is -0.285. The van der Waals surface area contributed by atoms with Crippen LogP contribution < -0.4 is 5.32 Å². The molecule has 0 bridgehead atoms. The summed E-state index contributed by atoms with van der Waals surface area (Å²) in [6.45, 7) is 0.579. The van der Waals surface area contributed by atoms with E-state index in [-0.39, 0.29) is 17.8 Å². The average Bonchev–Trinajstić information content (AvgIpc) is 2.54. The zero-order chi connectivity index (χ0) is 14.9. The van der Waals surface area contributed by atoms with Crippen LogP contribution in [0.4, 0.5) is 0 Å². The second-order valence-corrected chi connectivity index (χ2v) is 5.77. The fraction of sp³-hybridized carbons (Fsp3) is 0.235. The molecule has 0 aliphatic rings. The Balaban J connectivity index is 2.12. The van der Waals surface area contributed by atoms with Crippen LogP contribution in [0.1, 0.15) is 17.2 Å².